The van der Waals surface area contributed by atoms with Crippen molar-refractivity contribution in [2.75, 3.05) is 20.2 Å². The third-order valence-corrected chi connectivity index (χ3v) is 3.25. The first-order valence-corrected chi connectivity index (χ1v) is 6.29. The van der Waals surface area contributed by atoms with E-state index in [1.54, 1.807) is 12.0 Å². The molecule has 0 aliphatic carbocycles. The van der Waals surface area contributed by atoms with Crippen LogP contribution in [-0.4, -0.2) is 37.1 Å². The van der Waals surface area contributed by atoms with E-state index in [2.05, 4.69) is 0 Å². The van der Waals surface area contributed by atoms with Gasteiger partial charge in [-0.05, 0) is 31.5 Å². The molecule has 4 nitrogen and oxygen atoms in total. The molecule has 98 valence electrons. The number of ether oxygens (including phenoxy) is 2. The van der Waals surface area contributed by atoms with Gasteiger partial charge < -0.3 is 14.4 Å². The Hall–Kier alpha value is -1.55. The average molecular weight is 249 g/mol. The summed E-state index contributed by atoms with van der Waals surface area (Å²) in [5.74, 6) is 0.895. The van der Waals surface area contributed by atoms with Crippen LogP contribution < -0.4 is 4.74 Å². The lowest BCUT2D eigenvalue weighted by Gasteiger charge is -2.17. The van der Waals surface area contributed by atoms with Gasteiger partial charge in [-0.2, -0.15) is 0 Å². The molecule has 1 saturated heterocycles. The molecule has 0 bridgehead atoms. The molecule has 1 aromatic carbocycles. The molecule has 1 aliphatic rings. The van der Waals surface area contributed by atoms with Crippen molar-refractivity contribution < 1.29 is 14.3 Å². The summed E-state index contributed by atoms with van der Waals surface area (Å²) in [5, 5.41) is 0. The van der Waals surface area contributed by atoms with E-state index in [1.165, 1.54) is 0 Å². The number of nitrogens with zero attached hydrogens (tertiary/aromatic N) is 1. The molecule has 18 heavy (non-hydrogen) atoms. The maximum Gasteiger partial charge on any atom is 0.254 e. The van der Waals surface area contributed by atoms with Crippen LogP contribution in [0.4, 0.5) is 0 Å². The molecule has 4 heteroatoms. The van der Waals surface area contributed by atoms with E-state index in [0.29, 0.717) is 0 Å². The van der Waals surface area contributed by atoms with Crippen molar-refractivity contribution in [3.05, 3.63) is 29.8 Å². The SMILES string of the molecule is CCN(CC)C(=O)[C@@H]1O[C@H]1c1ccc(OC)cc1. The van der Waals surface area contributed by atoms with Crippen molar-refractivity contribution in [2.24, 2.45) is 0 Å². The molecule has 0 saturated carbocycles. The third-order valence-electron chi connectivity index (χ3n) is 3.25. The molecular weight excluding hydrogens is 230 g/mol. The number of amides is 1. The van der Waals surface area contributed by atoms with E-state index >= 15 is 0 Å². The lowest BCUT2D eigenvalue weighted by atomic mass is 10.1. The van der Waals surface area contributed by atoms with E-state index in [1.807, 2.05) is 38.1 Å². The van der Waals surface area contributed by atoms with Crippen molar-refractivity contribution in [2.45, 2.75) is 26.1 Å². The Morgan fingerprint density at radius 3 is 2.39 bits per heavy atom. The smallest absolute Gasteiger partial charge is 0.254 e. The standard InChI is InChI=1S/C14H19NO3/c1-4-15(5-2)14(16)13-12(18-13)10-6-8-11(17-3)9-7-10/h6-9,12-13H,4-5H2,1-3H3/t12-,13+/m0/s1. The Morgan fingerprint density at radius 1 is 1.28 bits per heavy atom. The summed E-state index contributed by atoms with van der Waals surface area (Å²) >= 11 is 0. The van der Waals surface area contributed by atoms with Crippen molar-refractivity contribution in [3.8, 4) is 5.75 Å². The van der Waals surface area contributed by atoms with Gasteiger partial charge in [0.25, 0.3) is 5.91 Å². The van der Waals surface area contributed by atoms with E-state index in [0.717, 1.165) is 24.4 Å². The predicted molar refractivity (Wildman–Crippen MR) is 68.5 cm³/mol. The molecule has 0 N–H and O–H groups in total. The Morgan fingerprint density at radius 2 is 1.89 bits per heavy atom. The molecule has 1 amide bonds. The minimum atomic E-state index is -0.307. The van der Waals surface area contributed by atoms with Crippen molar-refractivity contribution in [3.63, 3.8) is 0 Å². The molecule has 2 rings (SSSR count). The minimum absolute atomic E-state index is 0.0841. The molecule has 1 aliphatic heterocycles. The second-order valence-electron chi connectivity index (χ2n) is 4.26. The molecule has 1 heterocycles. The van der Waals surface area contributed by atoms with Crippen LogP contribution in [0.3, 0.4) is 0 Å². The van der Waals surface area contributed by atoms with Gasteiger partial charge in [-0.25, -0.2) is 0 Å². The van der Waals surface area contributed by atoms with Gasteiger partial charge in [0.05, 0.1) is 7.11 Å². The van der Waals surface area contributed by atoms with Crippen molar-refractivity contribution in [1.82, 2.24) is 4.90 Å². The summed E-state index contributed by atoms with van der Waals surface area (Å²) in [7, 11) is 1.63. The quantitative estimate of drug-likeness (QED) is 0.750. The van der Waals surface area contributed by atoms with E-state index < -0.39 is 0 Å². The second-order valence-corrected chi connectivity index (χ2v) is 4.26. The summed E-state index contributed by atoms with van der Waals surface area (Å²) in [5.41, 5.74) is 1.03. The van der Waals surface area contributed by atoms with Crippen LogP contribution in [0.1, 0.15) is 25.5 Å². The highest BCUT2D eigenvalue weighted by Gasteiger charge is 2.47. The fraction of sp³-hybridized carbons (Fsp3) is 0.500. The normalized spacial score (nSPS) is 21.5. The Bertz CT molecular complexity index is 412. The van der Waals surface area contributed by atoms with Crippen LogP contribution in [0.25, 0.3) is 0 Å². The largest absolute Gasteiger partial charge is 0.497 e. The highest BCUT2D eigenvalue weighted by Crippen LogP contribution is 2.40. The summed E-state index contributed by atoms with van der Waals surface area (Å²) in [6.45, 7) is 5.41. The first-order valence-electron chi connectivity index (χ1n) is 6.29. The van der Waals surface area contributed by atoms with Crippen LogP contribution in [-0.2, 0) is 9.53 Å². The van der Waals surface area contributed by atoms with Gasteiger partial charge in [-0.1, -0.05) is 12.1 Å². The van der Waals surface area contributed by atoms with Gasteiger partial charge in [-0.15, -0.1) is 0 Å². The Kier molecular flexibility index (Phi) is 3.87. The number of epoxide rings is 1. The first kappa shape index (κ1) is 12.9. The number of hydrogen-bond acceptors (Lipinski definition) is 3. The fourth-order valence-corrected chi connectivity index (χ4v) is 2.06. The lowest BCUT2D eigenvalue weighted by molar-refractivity contribution is -0.132. The molecule has 2 atom stereocenters. The van der Waals surface area contributed by atoms with Gasteiger partial charge in [0.15, 0.2) is 6.10 Å². The van der Waals surface area contributed by atoms with E-state index in [4.69, 9.17) is 9.47 Å². The Labute approximate surface area is 107 Å². The highest BCUT2D eigenvalue weighted by atomic mass is 16.6. The molecule has 0 unspecified atom stereocenters. The number of benzene rings is 1. The monoisotopic (exact) mass is 249 g/mol. The molecule has 0 aromatic heterocycles. The van der Waals surface area contributed by atoms with Gasteiger partial charge in [-0.3, -0.25) is 4.79 Å². The zero-order valence-corrected chi connectivity index (χ0v) is 11.1. The predicted octanol–water partition coefficient (Wildman–Crippen LogP) is 2.00. The summed E-state index contributed by atoms with van der Waals surface area (Å²) in [6, 6.07) is 7.66. The van der Waals surface area contributed by atoms with Crippen LogP contribution in [0.5, 0.6) is 5.75 Å². The third kappa shape index (κ3) is 2.48. The minimum Gasteiger partial charge on any atom is -0.497 e. The Balaban J connectivity index is 1.99. The van der Waals surface area contributed by atoms with Gasteiger partial charge in [0.1, 0.15) is 11.9 Å². The number of methoxy groups -OCH3 is 1. The number of carbonyl (C=O) groups is 1. The summed E-state index contributed by atoms with van der Waals surface area (Å²) in [6.07, 6.45) is -0.401. The van der Waals surface area contributed by atoms with Gasteiger partial charge >= 0.3 is 0 Å². The van der Waals surface area contributed by atoms with Crippen LogP contribution >= 0.6 is 0 Å². The zero-order valence-electron chi connectivity index (χ0n) is 11.1. The summed E-state index contributed by atoms with van der Waals surface area (Å²) in [4.78, 5) is 13.9. The molecular formula is C14H19NO3. The molecule has 1 aromatic rings. The maximum absolute atomic E-state index is 12.1. The van der Waals surface area contributed by atoms with E-state index in [-0.39, 0.29) is 18.1 Å². The highest BCUT2D eigenvalue weighted by molar-refractivity contribution is 5.84. The maximum atomic E-state index is 12.1. The fourth-order valence-electron chi connectivity index (χ4n) is 2.06. The molecule has 0 radical (unpaired) electrons. The summed E-state index contributed by atoms with van der Waals surface area (Å²) < 4.78 is 10.6. The first-order chi connectivity index (χ1) is 8.71. The van der Waals surface area contributed by atoms with Crippen molar-refractivity contribution >= 4 is 5.91 Å². The van der Waals surface area contributed by atoms with Crippen LogP contribution in [0.15, 0.2) is 24.3 Å². The lowest BCUT2D eigenvalue weighted by Crippen LogP contribution is -2.34. The zero-order chi connectivity index (χ0) is 13.1. The van der Waals surface area contributed by atoms with Crippen LogP contribution in [0, 0.1) is 0 Å². The second kappa shape index (κ2) is 5.40. The molecule has 0 spiro atoms. The number of rotatable bonds is 5. The number of carbonyl (C=O) groups excluding carboxylic acids is 1. The van der Waals surface area contributed by atoms with Crippen molar-refractivity contribution in [1.29, 1.82) is 0 Å². The number of likely N-dealkylation sites (N-methyl/N-ethyl adjacent to an activating group) is 1. The van der Waals surface area contributed by atoms with Crippen LogP contribution in [0.2, 0.25) is 0 Å². The average Bonchev–Trinajstić information content (AvgIpc) is 3.20. The van der Waals surface area contributed by atoms with Gasteiger partial charge in [0.2, 0.25) is 0 Å². The molecule has 1 fully saturated rings. The van der Waals surface area contributed by atoms with Gasteiger partial charge in [0, 0.05) is 13.1 Å². The number of hydrogen-bond donors (Lipinski definition) is 0. The van der Waals surface area contributed by atoms with E-state index in [9.17, 15) is 4.79 Å². The topological polar surface area (TPSA) is 42.1 Å².